The van der Waals surface area contributed by atoms with Crippen molar-refractivity contribution in [2.24, 2.45) is 5.73 Å². The van der Waals surface area contributed by atoms with Crippen LogP contribution in [-0.2, 0) is 16.1 Å². The van der Waals surface area contributed by atoms with Crippen LogP contribution in [0.4, 0.5) is 10.5 Å². The van der Waals surface area contributed by atoms with Crippen LogP contribution in [0.15, 0.2) is 47.4 Å². The number of benzene rings is 2. The molecule has 154 valence electrons. The standard InChI is InChI=1S/C19H14ClN3O6S/c20-13-3-6-15(29-10-17(21)24)12(7-13)8-16-18(25)22(19(26)30-16)9-11-1-4-14(5-2-11)23(27)28/h1-8H,9-10H2,(H2,21,24)/b16-8-. The fourth-order valence-electron chi connectivity index (χ4n) is 2.60. The minimum Gasteiger partial charge on any atom is -0.483 e. The maximum Gasteiger partial charge on any atom is 0.293 e. The van der Waals surface area contributed by atoms with Crippen molar-refractivity contribution in [2.75, 3.05) is 6.61 Å². The van der Waals surface area contributed by atoms with Crippen LogP contribution in [0.2, 0.25) is 5.02 Å². The van der Waals surface area contributed by atoms with E-state index < -0.39 is 22.0 Å². The van der Waals surface area contributed by atoms with E-state index in [9.17, 15) is 24.5 Å². The maximum atomic E-state index is 12.7. The van der Waals surface area contributed by atoms with E-state index >= 15 is 0 Å². The molecule has 0 radical (unpaired) electrons. The van der Waals surface area contributed by atoms with E-state index in [1.54, 1.807) is 6.07 Å². The molecule has 0 unspecified atom stereocenters. The molecule has 1 aliphatic heterocycles. The van der Waals surface area contributed by atoms with Gasteiger partial charge in [-0.3, -0.25) is 29.4 Å². The van der Waals surface area contributed by atoms with Crippen LogP contribution in [0.5, 0.6) is 5.75 Å². The Morgan fingerprint density at radius 3 is 2.57 bits per heavy atom. The number of halogens is 1. The molecule has 0 aromatic heterocycles. The van der Waals surface area contributed by atoms with Crippen molar-refractivity contribution in [3.8, 4) is 5.75 Å². The number of hydrogen-bond donors (Lipinski definition) is 1. The SMILES string of the molecule is NC(=O)COc1ccc(Cl)cc1/C=C1\SC(=O)N(Cc2ccc([N+](=O)[O-])cc2)C1=O. The van der Waals surface area contributed by atoms with Crippen LogP contribution < -0.4 is 10.5 Å². The second kappa shape index (κ2) is 8.97. The minimum absolute atomic E-state index is 0.0272. The van der Waals surface area contributed by atoms with Crippen LogP contribution in [0.1, 0.15) is 11.1 Å². The number of imide groups is 1. The van der Waals surface area contributed by atoms with E-state index in [2.05, 4.69) is 0 Å². The average Bonchev–Trinajstić information content (AvgIpc) is 2.95. The molecule has 0 spiro atoms. The van der Waals surface area contributed by atoms with Crippen molar-refractivity contribution in [1.29, 1.82) is 0 Å². The Labute approximate surface area is 179 Å². The maximum absolute atomic E-state index is 12.7. The number of nitrogens with two attached hydrogens (primary N) is 1. The summed E-state index contributed by atoms with van der Waals surface area (Å²) in [4.78, 5) is 47.4. The molecule has 1 fully saturated rings. The van der Waals surface area contributed by atoms with Crippen LogP contribution in [0, 0.1) is 10.1 Å². The summed E-state index contributed by atoms with van der Waals surface area (Å²) in [6, 6.07) is 10.2. The lowest BCUT2D eigenvalue weighted by molar-refractivity contribution is -0.384. The summed E-state index contributed by atoms with van der Waals surface area (Å²) in [5.74, 6) is -0.913. The molecule has 9 nitrogen and oxygen atoms in total. The van der Waals surface area contributed by atoms with Gasteiger partial charge in [-0.05, 0) is 41.6 Å². The molecule has 1 aliphatic rings. The number of nitro groups is 1. The lowest BCUT2D eigenvalue weighted by Gasteiger charge is -2.12. The Bertz CT molecular complexity index is 1070. The normalized spacial score (nSPS) is 15.0. The third kappa shape index (κ3) is 4.97. The van der Waals surface area contributed by atoms with Crippen molar-refractivity contribution < 1.29 is 24.0 Å². The van der Waals surface area contributed by atoms with E-state index in [1.165, 1.54) is 42.5 Å². The molecule has 0 aliphatic carbocycles. The van der Waals surface area contributed by atoms with Crippen molar-refractivity contribution in [3.63, 3.8) is 0 Å². The molecule has 0 saturated carbocycles. The van der Waals surface area contributed by atoms with Crippen LogP contribution in [0.3, 0.4) is 0 Å². The first-order valence-electron chi connectivity index (χ1n) is 8.44. The highest BCUT2D eigenvalue weighted by Gasteiger charge is 2.35. The van der Waals surface area contributed by atoms with E-state index in [0.29, 0.717) is 16.1 Å². The Hall–Kier alpha value is -3.37. The molecule has 2 aromatic carbocycles. The zero-order valence-electron chi connectivity index (χ0n) is 15.2. The van der Waals surface area contributed by atoms with Gasteiger partial charge in [-0.2, -0.15) is 0 Å². The minimum atomic E-state index is -0.667. The second-order valence-corrected chi connectivity index (χ2v) is 7.56. The number of carbonyl (C=O) groups excluding carboxylic acids is 3. The van der Waals surface area contributed by atoms with Gasteiger partial charge in [0, 0.05) is 22.7 Å². The van der Waals surface area contributed by atoms with Gasteiger partial charge in [0.1, 0.15) is 5.75 Å². The van der Waals surface area contributed by atoms with Gasteiger partial charge in [-0.1, -0.05) is 23.7 Å². The van der Waals surface area contributed by atoms with Crippen molar-refractivity contribution >= 4 is 52.2 Å². The number of ether oxygens (including phenoxy) is 1. The average molecular weight is 448 g/mol. The van der Waals surface area contributed by atoms with Crippen molar-refractivity contribution in [2.45, 2.75) is 6.54 Å². The molecule has 3 amide bonds. The largest absolute Gasteiger partial charge is 0.483 e. The zero-order valence-corrected chi connectivity index (χ0v) is 16.8. The van der Waals surface area contributed by atoms with Gasteiger partial charge < -0.3 is 10.5 Å². The van der Waals surface area contributed by atoms with Gasteiger partial charge >= 0.3 is 0 Å². The third-order valence-corrected chi connectivity index (χ3v) is 5.13. The molecule has 3 rings (SSSR count). The molecule has 30 heavy (non-hydrogen) atoms. The highest BCUT2D eigenvalue weighted by molar-refractivity contribution is 8.18. The quantitative estimate of drug-likeness (QED) is 0.391. The number of rotatable bonds is 7. The Balaban J connectivity index is 1.82. The summed E-state index contributed by atoms with van der Waals surface area (Å²) < 4.78 is 5.33. The number of nitrogens with zero attached hydrogens (tertiary/aromatic N) is 2. The van der Waals surface area contributed by atoms with Crippen molar-refractivity contribution in [3.05, 3.63) is 73.6 Å². The summed E-state index contributed by atoms with van der Waals surface area (Å²) in [5.41, 5.74) is 5.98. The van der Waals surface area contributed by atoms with Gasteiger partial charge in [0.05, 0.1) is 16.4 Å². The van der Waals surface area contributed by atoms with Gasteiger partial charge in [0.15, 0.2) is 6.61 Å². The number of non-ortho nitro benzene ring substituents is 1. The van der Waals surface area contributed by atoms with Crippen molar-refractivity contribution in [1.82, 2.24) is 4.90 Å². The number of primary amides is 1. The van der Waals surface area contributed by atoms with Gasteiger partial charge in [0.25, 0.3) is 22.7 Å². The lowest BCUT2D eigenvalue weighted by Crippen LogP contribution is -2.27. The Morgan fingerprint density at radius 2 is 1.93 bits per heavy atom. The molecule has 1 heterocycles. The monoisotopic (exact) mass is 447 g/mol. The highest BCUT2D eigenvalue weighted by Crippen LogP contribution is 2.35. The molecular weight excluding hydrogens is 434 g/mol. The number of nitro benzene ring substituents is 1. The molecule has 11 heteroatoms. The first-order valence-corrected chi connectivity index (χ1v) is 9.63. The topological polar surface area (TPSA) is 133 Å². The number of thioether (sulfide) groups is 1. The smallest absolute Gasteiger partial charge is 0.293 e. The fourth-order valence-corrected chi connectivity index (χ4v) is 3.61. The summed E-state index contributed by atoms with van der Waals surface area (Å²) in [7, 11) is 0. The van der Waals surface area contributed by atoms with E-state index in [4.69, 9.17) is 22.1 Å². The molecule has 0 bridgehead atoms. The molecule has 0 atom stereocenters. The van der Waals surface area contributed by atoms with Gasteiger partial charge in [-0.25, -0.2) is 0 Å². The number of carbonyl (C=O) groups is 3. The van der Waals surface area contributed by atoms with E-state index in [-0.39, 0.29) is 29.5 Å². The number of amides is 3. The predicted molar refractivity (Wildman–Crippen MR) is 111 cm³/mol. The third-order valence-electron chi connectivity index (χ3n) is 3.99. The van der Waals surface area contributed by atoms with Gasteiger partial charge in [0.2, 0.25) is 0 Å². The lowest BCUT2D eigenvalue weighted by atomic mass is 10.1. The Kier molecular flexibility index (Phi) is 6.38. The summed E-state index contributed by atoms with van der Waals surface area (Å²) in [6.45, 7) is -0.384. The molecular formula is C19H14ClN3O6S. The van der Waals surface area contributed by atoms with Crippen LogP contribution >= 0.6 is 23.4 Å². The van der Waals surface area contributed by atoms with Gasteiger partial charge in [-0.15, -0.1) is 0 Å². The second-order valence-electron chi connectivity index (χ2n) is 6.13. The molecule has 2 aromatic rings. The van der Waals surface area contributed by atoms with E-state index in [1.807, 2.05) is 0 Å². The summed E-state index contributed by atoms with van der Waals surface area (Å²) in [5, 5.41) is 10.6. The fraction of sp³-hybridized carbons (Fsp3) is 0.105. The summed E-state index contributed by atoms with van der Waals surface area (Å²) in [6.07, 6.45) is 1.45. The zero-order chi connectivity index (χ0) is 21.8. The number of hydrogen-bond acceptors (Lipinski definition) is 7. The van der Waals surface area contributed by atoms with E-state index in [0.717, 1.165) is 16.7 Å². The summed E-state index contributed by atoms with van der Waals surface area (Å²) >= 11 is 6.75. The molecule has 2 N–H and O–H groups in total. The highest BCUT2D eigenvalue weighted by atomic mass is 35.5. The Morgan fingerprint density at radius 1 is 1.23 bits per heavy atom. The van der Waals surface area contributed by atoms with Crippen LogP contribution in [0.25, 0.3) is 6.08 Å². The first kappa shape index (κ1) is 21.3. The first-order chi connectivity index (χ1) is 14.2. The molecule has 1 saturated heterocycles. The van der Waals surface area contributed by atoms with Crippen LogP contribution in [-0.4, -0.2) is 33.5 Å². The predicted octanol–water partition coefficient (Wildman–Crippen LogP) is 3.35.